The van der Waals surface area contributed by atoms with E-state index in [-0.39, 0.29) is 27.9 Å². The second kappa shape index (κ2) is 8.83. The van der Waals surface area contributed by atoms with Crippen LogP contribution in [0, 0.1) is 17.6 Å². The molecule has 1 atom stereocenters. The Morgan fingerprint density at radius 2 is 1.94 bits per heavy atom. The van der Waals surface area contributed by atoms with Crippen LogP contribution in [0.15, 0.2) is 58.5 Å². The normalized spacial score (nSPS) is 15.5. The maximum Gasteiger partial charge on any atom is 0.267 e. The summed E-state index contributed by atoms with van der Waals surface area (Å²) in [7, 11) is 0. The Hall–Kier alpha value is -2.84. The molecule has 0 spiro atoms. The number of Topliss-reactive ketones (excluding diaryl/α,β-unsaturated/α-hetero) is 1. The minimum absolute atomic E-state index is 0.0137. The first kappa shape index (κ1) is 22.0. The third kappa shape index (κ3) is 4.13. The standard InChI is InChI=1S/C25H20F2N2O2S2/c1-14-6-11-17-21(12-14)33-23-22(17)24(31)29(19-5-3-2-4-18(19)27)25(28-23)32-13-20(30)15-7-9-16(26)10-8-15/h2-5,7-10,14H,6,11-13H2,1H3. The number of para-hydroxylation sites is 1. The van der Waals surface area contributed by atoms with Gasteiger partial charge in [0.1, 0.15) is 16.5 Å². The number of rotatable bonds is 5. The SMILES string of the molecule is CC1CCc2c(sc3nc(SCC(=O)c4ccc(F)cc4)n(-c4ccccc4F)c(=O)c23)C1. The number of aromatic nitrogens is 2. The summed E-state index contributed by atoms with van der Waals surface area (Å²) in [5.41, 5.74) is 1.19. The second-order valence-electron chi connectivity index (χ2n) is 8.24. The Kier molecular flexibility index (Phi) is 5.88. The zero-order chi connectivity index (χ0) is 23.1. The number of fused-ring (bicyclic) bond motifs is 3. The van der Waals surface area contributed by atoms with Crippen LogP contribution in [-0.4, -0.2) is 21.1 Å². The van der Waals surface area contributed by atoms with E-state index in [4.69, 9.17) is 4.98 Å². The van der Waals surface area contributed by atoms with Crippen molar-refractivity contribution in [2.75, 3.05) is 5.75 Å². The lowest BCUT2D eigenvalue weighted by Gasteiger charge is -2.18. The first-order valence-electron chi connectivity index (χ1n) is 10.7. The summed E-state index contributed by atoms with van der Waals surface area (Å²) >= 11 is 2.60. The molecule has 0 saturated heterocycles. The van der Waals surface area contributed by atoms with Gasteiger partial charge in [0.05, 0.1) is 16.8 Å². The van der Waals surface area contributed by atoms with Crippen molar-refractivity contribution >= 4 is 39.1 Å². The number of carbonyl (C=O) groups excluding carboxylic acids is 1. The van der Waals surface area contributed by atoms with E-state index < -0.39 is 11.6 Å². The van der Waals surface area contributed by atoms with Crippen LogP contribution in [0.3, 0.4) is 0 Å². The zero-order valence-corrected chi connectivity index (χ0v) is 19.4. The number of hydrogen-bond donors (Lipinski definition) is 0. The molecule has 33 heavy (non-hydrogen) atoms. The van der Waals surface area contributed by atoms with Gasteiger partial charge in [0.25, 0.3) is 5.56 Å². The maximum absolute atomic E-state index is 14.8. The summed E-state index contributed by atoms with van der Waals surface area (Å²) in [4.78, 5) is 32.9. The minimum atomic E-state index is -0.537. The van der Waals surface area contributed by atoms with Crippen LogP contribution in [-0.2, 0) is 12.8 Å². The van der Waals surface area contributed by atoms with Gasteiger partial charge in [0.2, 0.25) is 0 Å². The van der Waals surface area contributed by atoms with Crippen molar-refractivity contribution in [1.82, 2.24) is 9.55 Å². The number of hydrogen-bond acceptors (Lipinski definition) is 5. The lowest BCUT2D eigenvalue weighted by molar-refractivity contribution is 0.102. The minimum Gasteiger partial charge on any atom is -0.293 e. The maximum atomic E-state index is 14.8. The lowest BCUT2D eigenvalue weighted by Crippen LogP contribution is -2.23. The molecule has 0 amide bonds. The van der Waals surface area contributed by atoms with Gasteiger partial charge in [-0.15, -0.1) is 11.3 Å². The molecule has 4 aromatic rings. The molecule has 0 radical (unpaired) electrons. The number of nitrogens with zero attached hydrogens (tertiary/aromatic N) is 2. The van der Waals surface area contributed by atoms with Crippen molar-refractivity contribution in [1.29, 1.82) is 0 Å². The van der Waals surface area contributed by atoms with E-state index in [1.807, 2.05) is 0 Å². The molecule has 2 heterocycles. The number of carbonyl (C=O) groups is 1. The molecule has 1 unspecified atom stereocenters. The second-order valence-corrected chi connectivity index (χ2v) is 10.3. The summed E-state index contributed by atoms with van der Waals surface area (Å²) < 4.78 is 29.2. The largest absolute Gasteiger partial charge is 0.293 e. The van der Waals surface area contributed by atoms with Gasteiger partial charge in [-0.1, -0.05) is 30.8 Å². The van der Waals surface area contributed by atoms with Gasteiger partial charge in [-0.2, -0.15) is 0 Å². The Bertz CT molecular complexity index is 1430. The van der Waals surface area contributed by atoms with Crippen LogP contribution < -0.4 is 5.56 Å². The van der Waals surface area contributed by atoms with Crippen LogP contribution in [0.25, 0.3) is 15.9 Å². The molecule has 8 heteroatoms. The number of benzene rings is 2. The number of ketones is 1. The molecule has 2 aromatic heterocycles. The smallest absolute Gasteiger partial charge is 0.267 e. The molecule has 168 valence electrons. The Morgan fingerprint density at radius 1 is 1.18 bits per heavy atom. The van der Waals surface area contributed by atoms with Gasteiger partial charge >= 0.3 is 0 Å². The summed E-state index contributed by atoms with van der Waals surface area (Å²) in [6, 6.07) is 11.4. The Balaban J connectivity index is 1.61. The molecule has 4 nitrogen and oxygen atoms in total. The van der Waals surface area contributed by atoms with E-state index in [1.54, 1.807) is 12.1 Å². The molecule has 0 aliphatic heterocycles. The van der Waals surface area contributed by atoms with Crippen molar-refractivity contribution in [2.24, 2.45) is 5.92 Å². The molecular weight excluding hydrogens is 462 g/mol. The molecule has 0 fully saturated rings. The van der Waals surface area contributed by atoms with Gasteiger partial charge in [-0.25, -0.2) is 13.8 Å². The van der Waals surface area contributed by atoms with Gasteiger partial charge < -0.3 is 0 Å². The molecule has 2 aromatic carbocycles. The number of aryl methyl sites for hydroxylation is 1. The molecule has 1 aliphatic rings. The highest BCUT2D eigenvalue weighted by Crippen LogP contribution is 2.37. The average molecular weight is 483 g/mol. The molecule has 1 aliphatic carbocycles. The number of thioether (sulfide) groups is 1. The van der Waals surface area contributed by atoms with Gasteiger partial charge in [0, 0.05) is 10.4 Å². The first-order chi connectivity index (χ1) is 15.9. The fourth-order valence-electron chi connectivity index (χ4n) is 4.16. The molecular formula is C25H20F2N2O2S2. The van der Waals surface area contributed by atoms with Gasteiger partial charge in [-0.05, 0) is 67.1 Å². The molecule has 0 bridgehead atoms. The van der Waals surface area contributed by atoms with Crippen LogP contribution >= 0.6 is 23.1 Å². The van der Waals surface area contributed by atoms with E-state index in [9.17, 15) is 18.4 Å². The predicted molar refractivity (Wildman–Crippen MR) is 128 cm³/mol. The number of halogens is 2. The van der Waals surface area contributed by atoms with Crippen LogP contribution in [0.1, 0.15) is 34.1 Å². The van der Waals surface area contributed by atoms with Gasteiger partial charge in [-0.3, -0.25) is 14.2 Å². The Morgan fingerprint density at radius 3 is 2.70 bits per heavy atom. The van der Waals surface area contributed by atoms with Crippen molar-refractivity contribution in [3.8, 4) is 5.69 Å². The Labute approximate surface area is 197 Å². The third-order valence-electron chi connectivity index (χ3n) is 5.89. The van der Waals surface area contributed by atoms with E-state index >= 15 is 0 Å². The highest BCUT2D eigenvalue weighted by atomic mass is 32.2. The summed E-state index contributed by atoms with van der Waals surface area (Å²) in [6.45, 7) is 2.20. The van der Waals surface area contributed by atoms with Crippen LogP contribution in [0.5, 0.6) is 0 Å². The molecule has 0 N–H and O–H groups in total. The quantitative estimate of drug-likeness (QED) is 0.204. The fraction of sp³-hybridized carbons (Fsp3) is 0.240. The topological polar surface area (TPSA) is 52.0 Å². The van der Waals surface area contributed by atoms with E-state index in [1.165, 1.54) is 52.3 Å². The van der Waals surface area contributed by atoms with Crippen molar-refractivity contribution in [3.63, 3.8) is 0 Å². The highest BCUT2D eigenvalue weighted by Gasteiger charge is 2.26. The van der Waals surface area contributed by atoms with E-state index in [0.29, 0.717) is 21.7 Å². The van der Waals surface area contributed by atoms with Crippen molar-refractivity contribution < 1.29 is 13.6 Å². The fourth-order valence-corrected chi connectivity index (χ4v) is 6.49. The van der Waals surface area contributed by atoms with E-state index in [0.717, 1.165) is 41.5 Å². The summed E-state index contributed by atoms with van der Waals surface area (Å²) in [6.07, 6.45) is 2.71. The lowest BCUT2D eigenvalue weighted by atomic mass is 9.89. The molecule has 5 rings (SSSR count). The summed E-state index contributed by atoms with van der Waals surface area (Å²) in [5.74, 6) is -0.656. The number of thiophene rings is 1. The molecule has 0 saturated carbocycles. The van der Waals surface area contributed by atoms with Crippen LogP contribution in [0.2, 0.25) is 0 Å². The average Bonchev–Trinajstić information content (AvgIpc) is 3.16. The zero-order valence-electron chi connectivity index (χ0n) is 17.8. The van der Waals surface area contributed by atoms with E-state index in [2.05, 4.69) is 6.92 Å². The first-order valence-corrected chi connectivity index (χ1v) is 12.5. The van der Waals surface area contributed by atoms with Crippen molar-refractivity contribution in [2.45, 2.75) is 31.3 Å². The monoisotopic (exact) mass is 482 g/mol. The predicted octanol–water partition coefficient (Wildman–Crippen LogP) is 5.83. The highest BCUT2D eigenvalue weighted by molar-refractivity contribution is 7.99. The summed E-state index contributed by atoms with van der Waals surface area (Å²) in [5, 5.41) is 0.819. The van der Waals surface area contributed by atoms with Gasteiger partial charge in [0.15, 0.2) is 10.9 Å². The van der Waals surface area contributed by atoms with Crippen LogP contribution in [0.4, 0.5) is 8.78 Å². The van der Waals surface area contributed by atoms with Crippen molar-refractivity contribution in [3.05, 3.63) is 86.5 Å². The third-order valence-corrected chi connectivity index (χ3v) is 7.98.